The molecule has 6 heteroatoms. The highest BCUT2D eigenvalue weighted by Gasteiger charge is 2.21. The number of nitrogens with zero attached hydrogens (tertiary/aromatic N) is 1. The molecule has 0 aliphatic rings. The standard InChI is InChI=1S/C11H16N2O4/c1-3-4-5-8(11(15)16)12-10(14)9-6-7(2)13-17-9/h6,8H,3-5H2,1-2H3,(H,12,14)(H,15,16). The van der Waals surface area contributed by atoms with Gasteiger partial charge in [0, 0.05) is 6.07 Å². The van der Waals surface area contributed by atoms with Gasteiger partial charge in [-0.05, 0) is 13.3 Å². The minimum atomic E-state index is -1.04. The van der Waals surface area contributed by atoms with Gasteiger partial charge in [-0.3, -0.25) is 4.79 Å². The third-order valence-electron chi connectivity index (χ3n) is 2.30. The molecule has 1 unspecified atom stereocenters. The second-order valence-corrected chi connectivity index (χ2v) is 3.84. The monoisotopic (exact) mass is 240 g/mol. The highest BCUT2D eigenvalue weighted by Crippen LogP contribution is 2.05. The van der Waals surface area contributed by atoms with Crippen LogP contribution in [0.25, 0.3) is 0 Å². The quantitative estimate of drug-likeness (QED) is 0.783. The SMILES string of the molecule is CCCCC(NC(=O)c1cc(C)no1)C(=O)O. The molecule has 1 amide bonds. The lowest BCUT2D eigenvalue weighted by Gasteiger charge is -2.12. The van der Waals surface area contributed by atoms with Crippen LogP contribution in [0.5, 0.6) is 0 Å². The summed E-state index contributed by atoms with van der Waals surface area (Å²) in [5.74, 6) is -1.55. The molecule has 17 heavy (non-hydrogen) atoms. The number of carbonyl (C=O) groups excluding carboxylic acids is 1. The molecule has 6 nitrogen and oxygen atoms in total. The predicted octanol–water partition coefficient (Wildman–Crippen LogP) is 1.36. The number of aryl methyl sites for hydroxylation is 1. The number of unbranched alkanes of at least 4 members (excludes halogenated alkanes) is 1. The molecule has 2 N–H and O–H groups in total. The van der Waals surface area contributed by atoms with Crippen LogP contribution in [0.15, 0.2) is 10.6 Å². The van der Waals surface area contributed by atoms with Crippen molar-refractivity contribution in [3.8, 4) is 0 Å². The van der Waals surface area contributed by atoms with Crippen LogP contribution in [-0.2, 0) is 4.79 Å². The minimum absolute atomic E-state index is 0.0326. The van der Waals surface area contributed by atoms with Crippen LogP contribution in [0, 0.1) is 6.92 Å². The number of aromatic nitrogens is 1. The van der Waals surface area contributed by atoms with Crippen LogP contribution in [0.4, 0.5) is 0 Å². The fourth-order valence-corrected chi connectivity index (χ4v) is 1.37. The first kappa shape index (κ1) is 13.2. The van der Waals surface area contributed by atoms with Gasteiger partial charge in [0.1, 0.15) is 6.04 Å². The van der Waals surface area contributed by atoms with E-state index < -0.39 is 17.9 Å². The molecule has 94 valence electrons. The molecule has 1 atom stereocenters. The van der Waals surface area contributed by atoms with Gasteiger partial charge in [-0.1, -0.05) is 24.9 Å². The Kier molecular flexibility index (Phi) is 4.68. The Hall–Kier alpha value is -1.85. The summed E-state index contributed by atoms with van der Waals surface area (Å²) < 4.78 is 4.76. The summed E-state index contributed by atoms with van der Waals surface area (Å²) in [5.41, 5.74) is 0.579. The number of carboxylic acids is 1. The van der Waals surface area contributed by atoms with E-state index in [0.29, 0.717) is 12.1 Å². The van der Waals surface area contributed by atoms with Crippen molar-refractivity contribution in [3.05, 3.63) is 17.5 Å². The molecule has 1 aromatic rings. The summed E-state index contributed by atoms with van der Waals surface area (Å²) in [5, 5.41) is 14.9. The Bertz CT molecular complexity index is 400. The molecule has 1 rings (SSSR count). The third-order valence-corrected chi connectivity index (χ3v) is 2.30. The van der Waals surface area contributed by atoms with Crippen molar-refractivity contribution in [2.24, 2.45) is 0 Å². The largest absolute Gasteiger partial charge is 0.480 e. The number of carboxylic acid groups (broad SMARTS) is 1. The molecule has 0 saturated carbocycles. The van der Waals surface area contributed by atoms with Crippen LogP contribution >= 0.6 is 0 Å². The van der Waals surface area contributed by atoms with Crippen molar-refractivity contribution in [2.45, 2.75) is 39.2 Å². The van der Waals surface area contributed by atoms with Crippen molar-refractivity contribution < 1.29 is 19.2 Å². The van der Waals surface area contributed by atoms with Gasteiger partial charge in [0.25, 0.3) is 5.91 Å². The zero-order valence-corrected chi connectivity index (χ0v) is 9.90. The molecular formula is C11H16N2O4. The number of hydrogen-bond acceptors (Lipinski definition) is 4. The van der Waals surface area contributed by atoms with Gasteiger partial charge >= 0.3 is 5.97 Å². The highest BCUT2D eigenvalue weighted by molar-refractivity contribution is 5.94. The summed E-state index contributed by atoms with van der Waals surface area (Å²) in [6, 6.07) is 0.585. The highest BCUT2D eigenvalue weighted by atomic mass is 16.5. The number of amides is 1. The van der Waals surface area contributed by atoms with Gasteiger partial charge in [0.15, 0.2) is 0 Å². The van der Waals surface area contributed by atoms with Crippen LogP contribution in [0.3, 0.4) is 0 Å². The minimum Gasteiger partial charge on any atom is -0.480 e. The molecule has 0 aromatic carbocycles. The number of aliphatic carboxylic acids is 1. The average molecular weight is 240 g/mol. The van der Waals surface area contributed by atoms with Crippen molar-refractivity contribution in [1.29, 1.82) is 0 Å². The molecule has 1 aromatic heterocycles. The Labute approximate surface area is 99.0 Å². The summed E-state index contributed by atoms with van der Waals surface area (Å²) in [6.45, 7) is 3.65. The van der Waals surface area contributed by atoms with Gasteiger partial charge in [-0.15, -0.1) is 0 Å². The van der Waals surface area contributed by atoms with Crippen molar-refractivity contribution in [1.82, 2.24) is 10.5 Å². The van der Waals surface area contributed by atoms with Crippen LogP contribution in [0.1, 0.15) is 42.4 Å². The van der Waals surface area contributed by atoms with Crippen LogP contribution in [0.2, 0.25) is 0 Å². The molecule has 1 heterocycles. The average Bonchev–Trinajstić information content (AvgIpc) is 2.70. The van der Waals surface area contributed by atoms with E-state index in [-0.39, 0.29) is 5.76 Å². The second kappa shape index (κ2) is 6.03. The smallest absolute Gasteiger partial charge is 0.326 e. The van der Waals surface area contributed by atoms with E-state index in [0.717, 1.165) is 12.8 Å². The van der Waals surface area contributed by atoms with E-state index in [1.165, 1.54) is 6.07 Å². The van der Waals surface area contributed by atoms with Crippen molar-refractivity contribution in [3.63, 3.8) is 0 Å². The van der Waals surface area contributed by atoms with Gasteiger partial charge in [0.05, 0.1) is 5.69 Å². The first-order valence-electron chi connectivity index (χ1n) is 5.51. The summed E-state index contributed by atoms with van der Waals surface area (Å²) in [6.07, 6.45) is 2.03. The first-order valence-corrected chi connectivity index (χ1v) is 5.51. The maximum atomic E-state index is 11.6. The zero-order valence-electron chi connectivity index (χ0n) is 9.90. The lowest BCUT2D eigenvalue weighted by Crippen LogP contribution is -2.40. The molecular weight excluding hydrogens is 224 g/mol. The lowest BCUT2D eigenvalue weighted by molar-refractivity contribution is -0.139. The zero-order chi connectivity index (χ0) is 12.8. The Morgan fingerprint density at radius 3 is 2.76 bits per heavy atom. The van der Waals surface area contributed by atoms with E-state index in [2.05, 4.69) is 10.5 Å². The molecule has 0 saturated heterocycles. The fourth-order valence-electron chi connectivity index (χ4n) is 1.37. The number of rotatable bonds is 6. The number of nitrogens with one attached hydrogen (secondary N) is 1. The number of carbonyl (C=O) groups is 2. The van der Waals surface area contributed by atoms with E-state index in [4.69, 9.17) is 9.63 Å². The Balaban J connectivity index is 2.60. The normalized spacial score (nSPS) is 12.1. The summed E-state index contributed by atoms with van der Waals surface area (Å²) in [4.78, 5) is 22.5. The molecule has 0 bridgehead atoms. The maximum absolute atomic E-state index is 11.6. The van der Waals surface area contributed by atoms with Gasteiger partial charge in [-0.25, -0.2) is 4.79 Å². The van der Waals surface area contributed by atoms with Crippen LogP contribution in [-0.4, -0.2) is 28.2 Å². The molecule has 0 fully saturated rings. The van der Waals surface area contributed by atoms with Gasteiger partial charge in [0.2, 0.25) is 5.76 Å². The second-order valence-electron chi connectivity index (χ2n) is 3.84. The van der Waals surface area contributed by atoms with Crippen molar-refractivity contribution in [2.75, 3.05) is 0 Å². The van der Waals surface area contributed by atoms with Crippen molar-refractivity contribution >= 4 is 11.9 Å². The van der Waals surface area contributed by atoms with Crippen LogP contribution < -0.4 is 5.32 Å². The molecule has 0 radical (unpaired) electrons. The number of hydrogen-bond donors (Lipinski definition) is 2. The molecule has 0 spiro atoms. The first-order chi connectivity index (χ1) is 8.04. The summed E-state index contributed by atoms with van der Waals surface area (Å²) >= 11 is 0. The molecule has 0 aliphatic carbocycles. The predicted molar refractivity (Wildman–Crippen MR) is 59.7 cm³/mol. The molecule has 0 aliphatic heterocycles. The van der Waals surface area contributed by atoms with E-state index >= 15 is 0 Å². The Morgan fingerprint density at radius 2 is 2.29 bits per heavy atom. The third kappa shape index (κ3) is 3.90. The van der Waals surface area contributed by atoms with E-state index in [1.807, 2.05) is 6.92 Å². The van der Waals surface area contributed by atoms with E-state index in [1.54, 1.807) is 6.92 Å². The topological polar surface area (TPSA) is 92.4 Å². The van der Waals surface area contributed by atoms with Gasteiger partial charge in [-0.2, -0.15) is 0 Å². The van der Waals surface area contributed by atoms with Gasteiger partial charge < -0.3 is 14.9 Å². The Morgan fingerprint density at radius 1 is 1.59 bits per heavy atom. The maximum Gasteiger partial charge on any atom is 0.326 e. The van der Waals surface area contributed by atoms with E-state index in [9.17, 15) is 9.59 Å². The fraction of sp³-hybridized carbons (Fsp3) is 0.545. The summed E-state index contributed by atoms with van der Waals surface area (Å²) in [7, 11) is 0. The lowest BCUT2D eigenvalue weighted by atomic mass is 10.1.